The van der Waals surface area contributed by atoms with Gasteiger partial charge in [-0.1, -0.05) is 44.2 Å². The van der Waals surface area contributed by atoms with Gasteiger partial charge in [0.1, 0.15) is 5.75 Å². The number of amides is 2. The molecule has 5 nitrogen and oxygen atoms in total. The standard InChI is InChI=1S/C21H26N2O3/c1-15(2)18-7-5-6-8-19(18)26-14-20(24)23(4)13-16-9-11-17(12-10-16)21(25)22-3/h5-12,15H,13-14H2,1-4H3,(H,22,25). The fourth-order valence-corrected chi connectivity index (χ4v) is 2.61. The molecule has 0 saturated carbocycles. The molecule has 0 bridgehead atoms. The van der Waals surface area contributed by atoms with Crippen LogP contribution in [0.4, 0.5) is 0 Å². The predicted octanol–water partition coefficient (Wildman–Crippen LogP) is 3.21. The quantitative estimate of drug-likeness (QED) is 0.831. The van der Waals surface area contributed by atoms with E-state index in [4.69, 9.17) is 4.74 Å². The third-order valence-electron chi connectivity index (χ3n) is 4.18. The first kappa shape index (κ1) is 19.5. The zero-order valence-corrected chi connectivity index (χ0v) is 15.8. The van der Waals surface area contributed by atoms with Crippen LogP contribution in [-0.2, 0) is 11.3 Å². The lowest BCUT2D eigenvalue weighted by molar-refractivity contribution is -0.132. The van der Waals surface area contributed by atoms with Crippen molar-refractivity contribution >= 4 is 11.8 Å². The lowest BCUT2D eigenvalue weighted by Crippen LogP contribution is -2.31. The van der Waals surface area contributed by atoms with Crippen molar-refractivity contribution in [2.75, 3.05) is 20.7 Å². The van der Waals surface area contributed by atoms with Gasteiger partial charge in [0.05, 0.1) is 0 Å². The Morgan fingerprint density at radius 2 is 1.73 bits per heavy atom. The van der Waals surface area contributed by atoms with Crippen LogP contribution in [0.1, 0.15) is 41.3 Å². The van der Waals surface area contributed by atoms with E-state index < -0.39 is 0 Å². The van der Waals surface area contributed by atoms with Crippen molar-refractivity contribution in [3.8, 4) is 5.75 Å². The first-order valence-electron chi connectivity index (χ1n) is 8.69. The number of likely N-dealkylation sites (N-methyl/N-ethyl adjacent to an activating group) is 1. The van der Waals surface area contributed by atoms with Gasteiger partial charge in [-0.2, -0.15) is 0 Å². The Bertz CT molecular complexity index is 754. The normalized spacial score (nSPS) is 10.5. The van der Waals surface area contributed by atoms with E-state index in [1.54, 1.807) is 31.1 Å². The Hall–Kier alpha value is -2.82. The van der Waals surface area contributed by atoms with E-state index in [2.05, 4.69) is 19.2 Å². The van der Waals surface area contributed by atoms with Crippen LogP contribution in [0.25, 0.3) is 0 Å². The Balaban J connectivity index is 1.93. The fraction of sp³-hybridized carbons (Fsp3) is 0.333. The van der Waals surface area contributed by atoms with E-state index in [-0.39, 0.29) is 18.4 Å². The SMILES string of the molecule is CNC(=O)c1ccc(CN(C)C(=O)COc2ccccc2C(C)C)cc1. The van der Waals surface area contributed by atoms with E-state index in [0.29, 0.717) is 18.0 Å². The molecule has 2 aromatic rings. The summed E-state index contributed by atoms with van der Waals surface area (Å²) >= 11 is 0. The van der Waals surface area contributed by atoms with Crippen LogP contribution < -0.4 is 10.1 Å². The summed E-state index contributed by atoms with van der Waals surface area (Å²) < 4.78 is 5.74. The molecule has 0 fully saturated rings. The maximum atomic E-state index is 12.4. The minimum absolute atomic E-state index is 0.00342. The Morgan fingerprint density at radius 3 is 2.35 bits per heavy atom. The highest BCUT2D eigenvalue weighted by Gasteiger charge is 2.13. The molecule has 0 unspecified atom stereocenters. The Kier molecular flexibility index (Phi) is 6.78. The number of carbonyl (C=O) groups is 2. The molecular formula is C21H26N2O3. The summed E-state index contributed by atoms with van der Waals surface area (Å²) in [7, 11) is 3.34. The maximum absolute atomic E-state index is 12.4. The molecule has 0 radical (unpaired) electrons. The van der Waals surface area contributed by atoms with Crippen molar-refractivity contribution < 1.29 is 14.3 Å². The van der Waals surface area contributed by atoms with Gasteiger partial charge in [0.2, 0.25) is 0 Å². The summed E-state index contributed by atoms with van der Waals surface area (Å²) in [6.07, 6.45) is 0. The molecule has 0 spiro atoms. The van der Waals surface area contributed by atoms with Crippen molar-refractivity contribution in [3.63, 3.8) is 0 Å². The van der Waals surface area contributed by atoms with Crippen LogP contribution in [-0.4, -0.2) is 37.4 Å². The molecule has 0 saturated heterocycles. The zero-order chi connectivity index (χ0) is 19.1. The minimum Gasteiger partial charge on any atom is -0.483 e. The third kappa shape index (κ3) is 5.09. The molecular weight excluding hydrogens is 328 g/mol. The van der Waals surface area contributed by atoms with E-state index in [9.17, 15) is 9.59 Å². The topological polar surface area (TPSA) is 58.6 Å². The molecule has 0 heterocycles. The van der Waals surface area contributed by atoms with Gasteiger partial charge in [-0.25, -0.2) is 0 Å². The first-order valence-corrected chi connectivity index (χ1v) is 8.69. The van der Waals surface area contributed by atoms with Gasteiger partial charge in [0.15, 0.2) is 6.61 Å². The van der Waals surface area contributed by atoms with Gasteiger partial charge in [0, 0.05) is 26.2 Å². The highest BCUT2D eigenvalue weighted by atomic mass is 16.5. The van der Waals surface area contributed by atoms with Crippen LogP contribution in [0.3, 0.4) is 0 Å². The smallest absolute Gasteiger partial charge is 0.260 e. The predicted molar refractivity (Wildman–Crippen MR) is 102 cm³/mol. The third-order valence-corrected chi connectivity index (χ3v) is 4.18. The number of rotatable bonds is 7. The van der Waals surface area contributed by atoms with Crippen LogP contribution >= 0.6 is 0 Å². The monoisotopic (exact) mass is 354 g/mol. The van der Waals surface area contributed by atoms with Crippen molar-refractivity contribution in [1.82, 2.24) is 10.2 Å². The molecule has 0 aliphatic rings. The van der Waals surface area contributed by atoms with Crippen LogP contribution in [0, 0.1) is 0 Å². The maximum Gasteiger partial charge on any atom is 0.260 e. The Labute approximate surface area is 155 Å². The van der Waals surface area contributed by atoms with Crippen LogP contribution in [0.2, 0.25) is 0 Å². The molecule has 0 aliphatic carbocycles. The van der Waals surface area contributed by atoms with Crippen molar-refractivity contribution in [2.24, 2.45) is 0 Å². The van der Waals surface area contributed by atoms with E-state index in [1.165, 1.54) is 0 Å². The number of nitrogens with one attached hydrogen (secondary N) is 1. The van der Waals surface area contributed by atoms with Crippen LogP contribution in [0.5, 0.6) is 5.75 Å². The molecule has 0 aromatic heterocycles. The molecule has 138 valence electrons. The van der Waals surface area contributed by atoms with Gasteiger partial charge in [-0.15, -0.1) is 0 Å². The van der Waals surface area contributed by atoms with E-state index >= 15 is 0 Å². The molecule has 2 aromatic carbocycles. The first-order chi connectivity index (χ1) is 12.4. The van der Waals surface area contributed by atoms with Crippen molar-refractivity contribution in [1.29, 1.82) is 0 Å². The summed E-state index contributed by atoms with van der Waals surface area (Å²) in [5.41, 5.74) is 2.64. The lowest BCUT2D eigenvalue weighted by Gasteiger charge is -2.19. The minimum atomic E-state index is -0.127. The average molecular weight is 354 g/mol. The summed E-state index contributed by atoms with van der Waals surface area (Å²) in [5.74, 6) is 0.856. The number of nitrogens with zero attached hydrogens (tertiary/aromatic N) is 1. The van der Waals surface area contributed by atoms with Gasteiger partial charge < -0.3 is 15.0 Å². The zero-order valence-electron chi connectivity index (χ0n) is 15.8. The Morgan fingerprint density at radius 1 is 1.08 bits per heavy atom. The summed E-state index contributed by atoms with van der Waals surface area (Å²) in [6, 6.07) is 15.0. The summed E-state index contributed by atoms with van der Waals surface area (Å²) in [5, 5.41) is 2.58. The number of hydrogen-bond donors (Lipinski definition) is 1. The number of benzene rings is 2. The van der Waals surface area contributed by atoms with Gasteiger partial charge in [0.25, 0.3) is 11.8 Å². The number of hydrogen-bond acceptors (Lipinski definition) is 3. The van der Waals surface area contributed by atoms with E-state index in [1.807, 2.05) is 36.4 Å². The molecule has 2 amide bonds. The van der Waals surface area contributed by atoms with Crippen LogP contribution in [0.15, 0.2) is 48.5 Å². The molecule has 0 atom stereocenters. The number of carbonyl (C=O) groups excluding carboxylic acids is 2. The molecule has 2 rings (SSSR count). The lowest BCUT2D eigenvalue weighted by atomic mass is 10.0. The summed E-state index contributed by atoms with van der Waals surface area (Å²) in [6.45, 7) is 4.65. The second kappa shape index (κ2) is 9.04. The summed E-state index contributed by atoms with van der Waals surface area (Å²) in [4.78, 5) is 25.5. The molecule has 0 aliphatic heterocycles. The highest BCUT2D eigenvalue weighted by Crippen LogP contribution is 2.25. The van der Waals surface area contributed by atoms with Crippen molar-refractivity contribution in [2.45, 2.75) is 26.3 Å². The van der Waals surface area contributed by atoms with Gasteiger partial charge in [-0.3, -0.25) is 9.59 Å². The molecule has 5 heteroatoms. The van der Waals surface area contributed by atoms with E-state index in [0.717, 1.165) is 16.9 Å². The average Bonchev–Trinajstić information content (AvgIpc) is 2.66. The number of para-hydroxylation sites is 1. The van der Waals surface area contributed by atoms with Gasteiger partial charge >= 0.3 is 0 Å². The number of ether oxygens (including phenoxy) is 1. The second-order valence-electron chi connectivity index (χ2n) is 6.51. The largest absolute Gasteiger partial charge is 0.483 e. The molecule has 1 N–H and O–H groups in total. The fourth-order valence-electron chi connectivity index (χ4n) is 2.61. The molecule has 26 heavy (non-hydrogen) atoms. The highest BCUT2D eigenvalue weighted by molar-refractivity contribution is 5.93. The van der Waals surface area contributed by atoms with Crippen molar-refractivity contribution in [3.05, 3.63) is 65.2 Å². The van der Waals surface area contributed by atoms with Gasteiger partial charge in [-0.05, 0) is 35.2 Å². The second-order valence-corrected chi connectivity index (χ2v) is 6.51.